The van der Waals surface area contributed by atoms with Gasteiger partial charge >= 0.3 is 0 Å². The fraction of sp³-hybridized carbons (Fsp3) is 0.360. The molecule has 3 aromatic rings. The molecular formula is C25H28N4S. The standard InChI is InChI=1S/C25H28N4S/c1-17-7-10-19(11-8-17)24-21(16-29(28-24)22-5-3-2-4-6-22)15-26-25(30)27-23-14-18-9-12-20(23)13-18/h2-8,10-11,16,18,20,23H,9,12-15H2,1H3,(H2,26,27,30)/t18-,20-,23-/m1/s1. The van der Waals surface area contributed by atoms with Crippen LogP contribution in [0.25, 0.3) is 16.9 Å². The van der Waals surface area contributed by atoms with Gasteiger partial charge in [0.15, 0.2) is 5.11 Å². The van der Waals surface area contributed by atoms with Crippen molar-refractivity contribution < 1.29 is 0 Å². The highest BCUT2D eigenvalue weighted by molar-refractivity contribution is 7.80. The average Bonchev–Trinajstić information content (AvgIpc) is 3.49. The van der Waals surface area contributed by atoms with Crippen LogP contribution in [-0.4, -0.2) is 20.9 Å². The average molecular weight is 417 g/mol. The molecule has 5 heteroatoms. The number of benzene rings is 2. The van der Waals surface area contributed by atoms with Crippen LogP contribution >= 0.6 is 12.2 Å². The fourth-order valence-corrected chi connectivity index (χ4v) is 5.25. The van der Waals surface area contributed by atoms with Gasteiger partial charge in [-0.3, -0.25) is 0 Å². The van der Waals surface area contributed by atoms with E-state index in [-0.39, 0.29) is 0 Å². The van der Waals surface area contributed by atoms with E-state index in [2.05, 4.69) is 60.2 Å². The monoisotopic (exact) mass is 416 g/mol. The molecule has 0 unspecified atom stereocenters. The number of nitrogens with one attached hydrogen (secondary N) is 2. The lowest BCUT2D eigenvalue weighted by Crippen LogP contribution is -2.43. The van der Waals surface area contributed by atoms with E-state index < -0.39 is 0 Å². The van der Waals surface area contributed by atoms with Gasteiger partial charge in [0.05, 0.1) is 11.4 Å². The minimum atomic E-state index is 0.548. The molecule has 2 saturated carbocycles. The van der Waals surface area contributed by atoms with Crippen LogP contribution in [0, 0.1) is 18.8 Å². The van der Waals surface area contributed by atoms with E-state index in [1.54, 1.807) is 0 Å². The smallest absolute Gasteiger partial charge is 0.166 e. The summed E-state index contributed by atoms with van der Waals surface area (Å²) >= 11 is 5.63. The third-order valence-corrected chi connectivity index (χ3v) is 6.89. The van der Waals surface area contributed by atoms with E-state index in [0.29, 0.717) is 12.6 Å². The van der Waals surface area contributed by atoms with Crippen molar-refractivity contribution in [2.45, 2.75) is 45.2 Å². The van der Waals surface area contributed by atoms with Crippen LogP contribution in [0.4, 0.5) is 0 Å². The highest BCUT2D eigenvalue weighted by Gasteiger charge is 2.39. The molecule has 0 amide bonds. The van der Waals surface area contributed by atoms with Crippen molar-refractivity contribution in [2.75, 3.05) is 0 Å². The number of nitrogens with zero attached hydrogens (tertiary/aromatic N) is 2. The van der Waals surface area contributed by atoms with Gasteiger partial charge in [-0.15, -0.1) is 0 Å². The molecule has 0 aliphatic heterocycles. The molecule has 154 valence electrons. The lowest BCUT2D eigenvalue weighted by atomic mass is 9.96. The maximum atomic E-state index is 5.63. The molecule has 1 aromatic heterocycles. The summed E-state index contributed by atoms with van der Waals surface area (Å²) in [6.45, 7) is 2.76. The molecule has 3 atom stereocenters. The first-order valence-electron chi connectivity index (χ1n) is 10.9. The minimum absolute atomic E-state index is 0.548. The third-order valence-electron chi connectivity index (χ3n) is 6.63. The molecule has 2 bridgehead atoms. The summed E-state index contributed by atoms with van der Waals surface area (Å²) in [4.78, 5) is 0. The Hall–Kier alpha value is -2.66. The van der Waals surface area contributed by atoms with E-state index in [0.717, 1.165) is 39.5 Å². The number of hydrogen-bond acceptors (Lipinski definition) is 2. The van der Waals surface area contributed by atoms with Gasteiger partial charge in [-0.25, -0.2) is 4.68 Å². The zero-order valence-electron chi connectivity index (χ0n) is 17.3. The zero-order valence-corrected chi connectivity index (χ0v) is 18.2. The Labute approximate surface area is 183 Å². The summed E-state index contributed by atoms with van der Waals surface area (Å²) in [6.07, 6.45) is 7.51. The van der Waals surface area contributed by atoms with Crippen molar-refractivity contribution in [2.24, 2.45) is 11.8 Å². The summed E-state index contributed by atoms with van der Waals surface area (Å²) in [6, 6.07) is 19.3. The molecule has 30 heavy (non-hydrogen) atoms. The van der Waals surface area contributed by atoms with Crippen molar-refractivity contribution in [3.8, 4) is 16.9 Å². The second kappa shape index (κ2) is 8.23. The van der Waals surface area contributed by atoms with Crippen molar-refractivity contribution in [1.29, 1.82) is 0 Å². The molecule has 2 aliphatic rings. The van der Waals surface area contributed by atoms with Crippen LogP contribution in [0.3, 0.4) is 0 Å². The van der Waals surface area contributed by atoms with E-state index >= 15 is 0 Å². The highest BCUT2D eigenvalue weighted by Crippen LogP contribution is 2.44. The van der Waals surface area contributed by atoms with Gasteiger partial charge in [0.2, 0.25) is 0 Å². The lowest BCUT2D eigenvalue weighted by molar-refractivity contribution is 0.389. The Kier molecular flexibility index (Phi) is 5.30. The van der Waals surface area contributed by atoms with Crippen LogP contribution in [0.2, 0.25) is 0 Å². The summed E-state index contributed by atoms with van der Waals surface area (Å²) < 4.78 is 1.96. The molecular weight excluding hydrogens is 388 g/mol. The molecule has 2 fully saturated rings. The van der Waals surface area contributed by atoms with Crippen molar-refractivity contribution in [1.82, 2.24) is 20.4 Å². The molecule has 1 heterocycles. The number of rotatable bonds is 5. The SMILES string of the molecule is Cc1ccc(-c2nn(-c3ccccc3)cc2CNC(=S)N[C@@H]2C[C@@H]3CC[C@@H]2C3)cc1. The third kappa shape index (κ3) is 3.99. The molecule has 2 aromatic carbocycles. The van der Waals surface area contributed by atoms with E-state index in [9.17, 15) is 0 Å². The number of fused-ring (bicyclic) bond motifs is 2. The number of aryl methyl sites for hydroxylation is 1. The Morgan fingerprint density at radius 3 is 2.57 bits per heavy atom. The van der Waals surface area contributed by atoms with Crippen LogP contribution in [0.5, 0.6) is 0 Å². The summed E-state index contributed by atoms with van der Waals surface area (Å²) in [5.41, 5.74) is 5.56. The first kappa shape index (κ1) is 19.3. The summed E-state index contributed by atoms with van der Waals surface area (Å²) in [7, 11) is 0. The second-order valence-corrected chi connectivity index (χ2v) is 9.17. The Morgan fingerprint density at radius 2 is 1.87 bits per heavy atom. The van der Waals surface area contributed by atoms with Gasteiger partial charge in [0.25, 0.3) is 0 Å². The largest absolute Gasteiger partial charge is 0.360 e. The molecule has 4 nitrogen and oxygen atoms in total. The van der Waals surface area contributed by atoms with Gasteiger partial charge in [-0.1, -0.05) is 54.4 Å². The summed E-state index contributed by atoms with van der Waals surface area (Å²) in [5.74, 6) is 1.71. The van der Waals surface area contributed by atoms with Crippen LogP contribution < -0.4 is 10.6 Å². The van der Waals surface area contributed by atoms with Crippen LogP contribution in [0.1, 0.15) is 36.8 Å². The Morgan fingerprint density at radius 1 is 1.07 bits per heavy atom. The van der Waals surface area contributed by atoms with Crippen molar-refractivity contribution >= 4 is 17.3 Å². The Balaban J connectivity index is 1.34. The Bertz CT molecular complexity index is 1030. The van der Waals surface area contributed by atoms with Crippen LogP contribution in [-0.2, 0) is 6.54 Å². The lowest BCUT2D eigenvalue weighted by Gasteiger charge is -2.24. The van der Waals surface area contributed by atoms with Gasteiger partial charge < -0.3 is 10.6 Å². The predicted molar refractivity (Wildman–Crippen MR) is 126 cm³/mol. The molecule has 2 aliphatic carbocycles. The normalized spacial score (nSPS) is 22.2. The summed E-state index contributed by atoms with van der Waals surface area (Å²) in [5, 5.41) is 12.7. The number of para-hydroxylation sites is 1. The van der Waals surface area contributed by atoms with E-state index in [1.165, 1.54) is 31.2 Å². The first-order valence-corrected chi connectivity index (χ1v) is 11.3. The second-order valence-electron chi connectivity index (χ2n) is 8.76. The van der Waals surface area contributed by atoms with Gasteiger partial charge in [-0.05, 0) is 62.4 Å². The van der Waals surface area contributed by atoms with Crippen LogP contribution in [0.15, 0.2) is 60.8 Å². The number of aromatic nitrogens is 2. The van der Waals surface area contributed by atoms with E-state index in [4.69, 9.17) is 17.3 Å². The maximum absolute atomic E-state index is 5.63. The maximum Gasteiger partial charge on any atom is 0.166 e. The quantitative estimate of drug-likeness (QED) is 0.575. The first-order chi connectivity index (χ1) is 14.7. The zero-order chi connectivity index (χ0) is 20.5. The molecule has 0 radical (unpaired) electrons. The number of hydrogen-bond donors (Lipinski definition) is 2. The van der Waals surface area contributed by atoms with Gasteiger partial charge in [-0.2, -0.15) is 5.10 Å². The highest BCUT2D eigenvalue weighted by atomic mass is 32.1. The fourth-order valence-electron chi connectivity index (χ4n) is 5.02. The molecule has 0 spiro atoms. The minimum Gasteiger partial charge on any atom is -0.360 e. The molecule has 5 rings (SSSR count). The topological polar surface area (TPSA) is 41.9 Å². The van der Waals surface area contributed by atoms with Gasteiger partial charge in [0.1, 0.15) is 0 Å². The van der Waals surface area contributed by atoms with Crippen molar-refractivity contribution in [3.05, 3.63) is 71.9 Å². The number of thiocarbonyl (C=S) groups is 1. The molecule has 0 saturated heterocycles. The van der Waals surface area contributed by atoms with E-state index in [1.807, 2.05) is 22.9 Å². The van der Waals surface area contributed by atoms with Gasteiger partial charge in [0, 0.05) is 29.9 Å². The van der Waals surface area contributed by atoms with Crippen molar-refractivity contribution in [3.63, 3.8) is 0 Å². The molecule has 2 N–H and O–H groups in total. The predicted octanol–water partition coefficient (Wildman–Crippen LogP) is 5.00.